The van der Waals surface area contributed by atoms with Crippen molar-refractivity contribution in [3.8, 4) is 0 Å². The van der Waals surface area contributed by atoms with Gasteiger partial charge < -0.3 is 5.32 Å². The monoisotopic (exact) mass is 494 g/mol. The van der Waals surface area contributed by atoms with Gasteiger partial charge in [0.2, 0.25) is 15.9 Å². The highest BCUT2D eigenvalue weighted by molar-refractivity contribution is 9.10. The van der Waals surface area contributed by atoms with Crippen molar-refractivity contribution >= 4 is 37.5 Å². The third kappa shape index (κ3) is 5.87. The average molecular weight is 495 g/mol. The van der Waals surface area contributed by atoms with Crippen molar-refractivity contribution in [2.45, 2.75) is 11.1 Å². The van der Waals surface area contributed by atoms with Crippen LogP contribution in [-0.2, 0) is 21.0 Å². The Morgan fingerprint density at radius 1 is 1.21 bits per heavy atom. The van der Waals surface area contributed by atoms with Crippen LogP contribution in [0.5, 0.6) is 0 Å². The number of carbonyl (C=O) groups excluding carboxylic acids is 1. The van der Waals surface area contributed by atoms with Crippen LogP contribution in [0.3, 0.4) is 0 Å². The summed E-state index contributed by atoms with van der Waals surface area (Å²) in [6.45, 7) is 2.31. The number of amides is 1. The summed E-state index contributed by atoms with van der Waals surface area (Å²) in [6.07, 6.45) is -3.55. The third-order valence-electron chi connectivity index (χ3n) is 3.66. The Kier molecular flexibility index (Phi) is 7.20. The van der Waals surface area contributed by atoms with Crippen LogP contribution < -0.4 is 5.32 Å². The molecule has 0 aromatic heterocycles. The van der Waals surface area contributed by atoms with Crippen molar-refractivity contribution in [3.05, 3.63) is 71.0 Å². The number of anilines is 1. The normalized spacial score (nSPS) is 12.1. The van der Waals surface area contributed by atoms with E-state index < -0.39 is 44.9 Å². The molecule has 0 bridgehead atoms. The second-order valence-corrected chi connectivity index (χ2v) is 8.64. The van der Waals surface area contributed by atoms with E-state index in [9.17, 15) is 30.8 Å². The Balaban J connectivity index is 2.28. The number of alkyl halides is 3. The zero-order valence-electron chi connectivity index (χ0n) is 14.7. The van der Waals surface area contributed by atoms with Gasteiger partial charge in [-0.05, 0) is 36.4 Å². The molecule has 0 saturated heterocycles. The van der Waals surface area contributed by atoms with Gasteiger partial charge in [-0.15, -0.1) is 6.58 Å². The zero-order chi connectivity index (χ0) is 21.8. The molecule has 0 fully saturated rings. The van der Waals surface area contributed by atoms with E-state index in [4.69, 9.17) is 0 Å². The molecule has 29 heavy (non-hydrogen) atoms. The van der Waals surface area contributed by atoms with Gasteiger partial charge in [-0.1, -0.05) is 28.1 Å². The van der Waals surface area contributed by atoms with E-state index in [-0.39, 0.29) is 12.2 Å². The Morgan fingerprint density at radius 2 is 1.90 bits per heavy atom. The fourth-order valence-electron chi connectivity index (χ4n) is 2.31. The number of halogens is 5. The summed E-state index contributed by atoms with van der Waals surface area (Å²) in [7, 11) is -4.45. The maximum atomic E-state index is 13.9. The maximum Gasteiger partial charge on any atom is 0.416 e. The fourth-order valence-corrected chi connectivity index (χ4v) is 4.06. The summed E-state index contributed by atoms with van der Waals surface area (Å²) in [4.78, 5) is 11.6. The molecular formula is C18H15BrF4N2O3S. The molecule has 0 aliphatic rings. The molecule has 2 aromatic carbocycles. The topological polar surface area (TPSA) is 66.5 Å². The number of nitrogens with zero attached hydrogens (tertiary/aromatic N) is 1. The van der Waals surface area contributed by atoms with Crippen LogP contribution in [0.4, 0.5) is 23.2 Å². The smallest absolute Gasteiger partial charge is 0.322 e. The van der Waals surface area contributed by atoms with E-state index in [1.807, 2.05) is 0 Å². The van der Waals surface area contributed by atoms with Gasteiger partial charge in [-0.3, -0.25) is 4.79 Å². The molecule has 0 aliphatic carbocycles. The molecule has 2 rings (SSSR count). The first-order chi connectivity index (χ1) is 13.4. The molecule has 1 amide bonds. The molecule has 0 heterocycles. The highest BCUT2D eigenvalue weighted by Gasteiger charge is 2.33. The average Bonchev–Trinajstić information content (AvgIpc) is 2.63. The maximum absolute atomic E-state index is 13.9. The lowest BCUT2D eigenvalue weighted by Gasteiger charge is -2.21. The minimum atomic E-state index is -4.73. The summed E-state index contributed by atoms with van der Waals surface area (Å²) >= 11 is 3.06. The van der Waals surface area contributed by atoms with Gasteiger partial charge >= 0.3 is 6.18 Å². The van der Waals surface area contributed by atoms with Crippen molar-refractivity contribution in [1.82, 2.24) is 4.31 Å². The quantitative estimate of drug-likeness (QED) is 0.457. The molecule has 1 N–H and O–H groups in total. The predicted octanol–water partition coefficient (Wildman–Crippen LogP) is 4.42. The lowest BCUT2D eigenvalue weighted by Crippen LogP contribution is -2.38. The summed E-state index contributed by atoms with van der Waals surface area (Å²) in [5, 5.41) is 2.23. The second-order valence-electron chi connectivity index (χ2n) is 5.78. The van der Waals surface area contributed by atoms with Crippen LogP contribution in [0.25, 0.3) is 0 Å². The number of carbonyl (C=O) groups is 1. The van der Waals surface area contributed by atoms with Crippen molar-refractivity contribution in [1.29, 1.82) is 0 Å². The molecule has 5 nitrogen and oxygen atoms in total. The summed E-state index contributed by atoms with van der Waals surface area (Å²) in [5.74, 6) is -1.62. The first-order valence-electron chi connectivity index (χ1n) is 7.98. The number of rotatable bonds is 7. The Hall–Kier alpha value is -2.24. The van der Waals surface area contributed by atoms with E-state index in [2.05, 4.69) is 27.8 Å². The van der Waals surface area contributed by atoms with E-state index in [1.54, 1.807) is 0 Å². The van der Waals surface area contributed by atoms with Crippen molar-refractivity contribution in [3.63, 3.8) is 0 Å². The van der Waals surface area contributed by atoms with E-state index in [0.717, 1.165) is 24.3 Å². The second kappa shape index (κ2) is 9.06. The molecule has 0 aliphatic heterocycles. The lowest BCUT2D eigenvalue weighted by atomic mass is 10.2. The van der Waals surface area contributed by atoms with Gasteiger partial charge in [0, 0.05) is 11.0 Å². The van der Waals surface area contributed by atoms with Gasteiger partial charge in [-0.2, -0.15) is 17.5 Å². The van der Waals surface area contributed by atoms with Crippen molar-refractivity contribution in [2.75, 3.05) is 18.4 Å². The molecule has 0 atom stereocenters. The standard InChI is InChI=1S/C18H15BrF4N2O3S/c1-2-8-25(11-17(26)24-16-7-6-13(19)10-15(16)20)29(27,28)14-5-3-4-12(9-14)18(21,22)23/h2-7,9-10H,1,8,11H2,(H,24,26). The highest BCUT2D eigenvalue weighted by Crippen LogP contribution is 2.31. The summed E-state index contributed by atoms with van der Waals surface area (Å²) < 4.78 is 79.1. The first-order valence-corrected chi connectivity index (χ1v) is 10.2. The summed E-state index contributed by atoms with van der Waals surface area (Å²) in [6, 6.07) is 7.02. The highest BCUT2D eigenvalue weighted by atomic mass is 79.9. The molecule has 0 radical (unpaired) electrons. The van der Waals surface area contributed by atoms with Crippen LogP contribution >= 0.6 is 15.9 Å². The van der Waals surface area contributed by atoms with Crippen LogP contribution in [0.2, 0.25) is 0 Å². The van der Waals surface area contributed by atoms with Crippen LogP contribution in [0.15, 0.2) is 64.5 Å². The number of hydrogen-bond donors (Lipinski definition) is 1. The molecular weight excluding hydrogens is 480 g/mol. The number of benzene rings is 2. The lowest BCUT2D eigenvalue weighted by molar-refractivity contribution is -0.137. The molecule has 0 spiro atoms. The minimum Gasteiger partial charge on any atom is -0.322 e. The Labute approximate surface area is 173 Å². The van der Waals surface area contributed by atoms with Gasteiger partial charge in [0.25, 0.3) is 0 Å². The zero-order valence-corrected chi connectivity index (χ0v) is 17.1. The SMILES string of the molecule is C=CCN(CC(=O)Nc1ccc(Br)cc1F)S(=O)(=O)c1cccc(C(F)(F)F)c1. The molecule has 0 saturated carbocycles. The van der Waals surface area contributed by atoms with Gasteiger partial charge in [0.15, 0.2) is 0 Å². The van der Waals surface area contributed by atoms with E-state index in [1.165, 1.54) is 18.2 Å². The molecule has 11 heteroatoms. The number of nitrogens with one attached hydrogen (secondary N) is 1. The van der Waals surface area contributed by atoms with E-state index in [0.29, 0.717) is 14.8 Å². The Bertz CT molecular complexity index is 1030. The fraction of sp³-hybridized carbons (Fsp3) is 0.167. The van der Waals surface area contributed by atoms with Crippen LogP contribution in [-0.4, -0.2) is 31.7 Å². The van der Waals surface area contributed by atoms with Gasteiger partial charge in [-0.25, -0.2) is 12.8 Å². The van der Waals surface area contributed by atoms with Crippen molar-refractivity contribution < 1.29 is 30.8 Å². The van der Waals surface area contributed by atoms with Crippen LogP contribution in [0, 0.1) is 5.82 Å². The number of hydrogen-bond acceptors (Lipinski definition) is 3. The number of sulfonamides is 1. The van der Waals surface area contributed by atoms with Crippen LogP contribution in [0.1, 0.15) is 5.56 Å². The third-order valence-corrected chi connectivity index (χ3v) is 5.96. The molecule has 2 aromatic rings. The Morgan fingerprint density at radius 3 is 2.48 bits per heavy atom. The minimum absolute atomic E-state index is 0.173. The van der Waals surface area contributed by atoms with E-state index >= 15 is 0 Å². The first kappa shape index (κ1) is 23.0. The van der Waals surface area contributed by atoms with Gasteiger partial charge in [0.1, 0.15) is 5.82 Å². The summed E-state index contributed by atoms with van der Waals surface area (Å²) in [5.41, 5.74) is -1.31. The van der Waals surface area contributed by atoms with Gasteiger partial charge in [0.05, 0.1) is 22.7 Å². The predicted molar refractivity (Wildman–Crippen MR) is 103 cm³/mol. The van der Waals surface area contributed by atoms with Crippen molar-refractivity contribution in [2.24, 2.45) is 0 Å². The molecule has 0 unspecified atom stereocenters. The largest absolute Gasteiger partial charge is 0.416 e. The molecule has 156 valence electrons.